The molecule has 3 aromatic rings. The summed E-state index contributed by atoms with van der Waals surface area (Å²) in [5.74, 6) is -0.259. The summed E-state index contributed by atoms with van der Waals surface area (Å²) in [5, 5.41) is 10.4. The number of benzene rings is 2. The van der Waals surface area contributed by atoms with E-state index in [2.05, 4.69) is 15.5 Å². The molecule has 1 heterocycles. The van der Waals surface area contributed by atoms with Crippen molar-refractivity contribution in [1.82, 2.24) is 20.4 Å². The predicted molar refractivity (Wildman–Crippen MR) is 114 cm³/mol. The number of H-pyrrole nitrogens is 1. The van der Waals surface area contributed by atoms with E-state index in [0.29, 0.717) is 28.4 Å². The van der Waals surface area contributed by atoms with Crippen LogP contribution in [0.4, 0.5) is 0 Å². The molecular formula is C22H23ClN4O2. The lowest BCUT2D eigenvalue weighted by atomic mass is 10.1. The molecule has 2 aromatic carbocycles. The Kier molecular flexibility index (Phi) is 6.34. The van der Waals surface area contributed by atoms with Gasteiger partial charge in [-0.05, 0) is 43.7 Å². The van der Waals surface area contributed by atoms with Crippen molar-refractivity contribution in [2.24, 2.45) is 0 Å². The Labute approximate surface area is 174 Å². The van der Waals surface area contributed by atoms with Gasteiger partial charge in [-0.25, -0.2) is 0 Å². The van der Waals surface area contributed by atoms with Gasteiger partial charge in [0, 0.05) is 35.8 Å². The van der Waals surface area contributed by atoms with Crippen LogP contribution in [-0.2, 0) is 6.54 Å². The van der Waals surface area contributed by atoms with Gasteiger partial charge < -0.3 is 10.2 Å². The molecule has 29 heavy (non-hydrogen) atoms. The van der Waals surface area contributed by atoms with Gasteiger partial charge in [0.15, 0.2) is 0 Å². The summed E-state index contributed by atoms with van der Waals surface area (Å²) in [4.78, 5) is 26.7. The van der Waals surface area contributed by atoms with Gasteiger partial charge in [-0.2, -0.15) is 5.10 Å². The highest BCUT2D eigenvalue weighted by molar-refractivity contribution is 6.30. The maximum atomic E-state index is 12.6. The van der Waals surface area contributed by atoms with Crippen molar-refractivity contribution < 1.29 is 9.59 Å². The molecule has 2 amide bonds. The zero-order valence-corrected chi connectivity index (χ0v) is 17.3. The van der Waals surface area contributed by atoms with E-state index in [4.69, 9.17) is 11.6 Å². The number of carbonyl (C=O) groups excluding carboxylic acids is 2. The van der Waals surface area contributed by atoms with E-state index < -0.39 is 0 Å². The standard InChI is InChI=1S/C22H23ClN4O2/c1-14(2)27(3)22(29)17-6-4-15(5-7-17)12-24-21(28)19-13-25-26-20(19)16-8-10-18(23)11-9-16/h4-11,13-14H,12H2,1-3H3,(H,24,28)(H,25,26). The lowest BCUT2D eigenvalue weighted by molar-refractivity contribution is 0.0754. The van der Waals surface area contributed by atoms with Crippen molar-refractivity contribution in [3.8, 4) is 11.3 Å². The molecule has 0 saturated carbocycles. The zero-order valence-electron chi connectivity index (χ0n) is 16.6. The Hall–Kier alpha value is -3.12. The van der Waals surface area contributed by atoms with Crippen LogP contribution in [0.3, 0.4) is 0 Å². The van der Waals surface area contributed by atoms with Crippen LogP contribution in [0, 0.1) is 0 Å². The minimum Gasteiger partial charge on any atom is -0.348 e. The van der Waals surface area contributed by atoms with Crippen LogP contribution in [0.1, 0.15) is 40.1 Å². The third kappa shape index (κ3) is 4.84. The van der Waals surface area contributed by atoms with E-state index in [1.54, 1.807) is 36.2 Å². The fraction of sp³-hybridized carbons (Fsp3) is 0.227. The van der Waals surface area contributed by atoms with Gasteiger partial charge in [-0.1, -0.05) is 35.9 Å². The maximum absolute atomic E-state index is 12.6. The van der Waals surface area contributed by atoms with Gasteiger partial charge in [0.25, 0.3) is 11.8 Å². The average Bonchev–Trinajstić information content (AvgIpc) is 3.21. The number of nitrogens with zero attached hydrogens (tertiary/aromatic N) is 2. The van der Waals surface area contributed by atoms with Crippen LogP contribution in [-0.4, -0.2) is 40.0 Å². The number of amides is 2. The second-order valence-electron chi connectivity index (χ2n) is 7.05. The van der Waals surface area contributed by atoms with Crippen LogP contribution in [0.15, 0.2) is 54.7 Å². The van der Waals surface area contributed by atoms with E-state index in [0.717, 1.165) is 11.1 Å². The first-order chi connectivity index (χ1) is 13.9. The third-order valence-corrected chi connectivity index (χ3v) is 5.02. The Morgan fingerprint density at radius 1 is 1.10 bits per heavy atom. The second-order valence-corrected chi connectivity index (χ2v) is 7.49. The van der Waals surface area contributed by atoms with Crippen molar-refractivity contribution >= 4 is 23.4 Å². The molecule has 150 valence electrons. The minimum absolute atomic E-state index is 0.0263. The van der Waals surface area contributed by atoms with Gasteiger partial charge >= 0.3 is 0 Å². The molecule has 1 aromatic heterocycles. The summed E-state index contributed by atoms with van der Waals surface area (Å²) in [6.07, 6.45) is 1.50. The number of halogens is 1. The van der Waals surface area contributed by atoms with Crippen LogP contribution >= 0.6 is 11.6 Å². The largest absolute Gasteiger partial charge is 0.348 e. The predicted octanol–water partition coefficient (Wildman–Crippen LogP) is 4.14. The Bertz CT molecular complexity index is 994. The quantitative estimate of drug-likeness (QED) is 0.641. The molecule has 7 heteroatoms. The molecule has 0 unspecified atom stereocenters. The van der Waals surface area contributed by atoms with E-state index in [1.165, 1.54) is 6.20 Å². The highest BCUT2D eigenvalue weighted by Crippen LogP contribution is 2.23. The number of aromatic amines is 1. The SMILES string of the molecule is CC(C)N(C)C(=O)c1ccc(CNC(=O)c2cn[nH]c2-c2ccc(Cl)cc2)cc1. The molecule has 3 rings (SSSR count). The number of rotatable bonds is 6. The molecule has 6 nitrogen and oxygen atoms in total. The number of aromatic nitrogens is 2. The molecule has 2 N–H and O–H groups in total. The normalized spacial score (nSPS) is 10.8. The van der Waals surface area contributed by atoms with Crippen molar-refractivity contribution in [1.29, 1.82) is 0 Å². The molecule has 0 fully saturated rings. The first-order valence-electron chi connectivity index (χ1n) is 9.30. The van der Waals surface area contributed by atoms with Gasteiger partial charge in [0.05, 0.1) is 17.5 Å². The number of nitrogens with one attached hydrogen (secondary N) is 2. The first kappa shape index (κ1) is 20.6. The van der Waals surface area contributed by atoms with E-state index in [9.17, 15) is 9.59 Å². The Morgan fingerprint density at radius 3 is 2.38 bits per heavy atom. The summed E-state index contributed by atoms with van der Waals surface area (Å²) >= 11 is 5.93. The third-order valence-electron chi connectivity index (χ3n) is 4.77. The van der Waals surface area contributed by atoms with E-state index in [-0.39, 0.29) is 17.9 Å². The molecule has 0 bridgehead atoms. The van der Waals surface area contributed by atoms with Crippen molar-refractivity contribution in [2.75, 3.05) is 7.05 Å². The highest BCUT2D eigenvalue weighted by atomic mass is 35.5. The summed E-state index contributed by atoms with van der Waals surface area (Å²) in [6.45, 7) is 4.28. The van der Waals surface area contributed by atoms with Crippen molar-refractivity contribution in [2.45, 2.75) is 26.4 Å². The van der Waals surface area contributed by atoms with Crippen LogP contribution in [0.2, 0.25) is 5.02 Å². The Morgan fingerprint density at radius 2 is 1.76 bits per heavy atom. The summed E-state index contributed by atoms with van der Waals surface area (Å²) in [5.41, 5.74) is 3.44. The van der Waals surface area contributed by atoms with Gasteiger partial charge in [-0.15, -0.1) is 0 Å². The number of hydrogen-bond acceptors (Lipinski definition) is 3. The summed E-state index contributed by atoms with van der Waals surface area (Å²) in [7, 11) is 1.78. The smallest absolute Gasteiger partial charge is 0.255 e. The van der Waals surface area contributed by atoms with Crippen LogP contribution < -0.4 is 5.32 Å². The summed E-state index contributed by atoms with van der Waals surface area (Å²) < 4.78 is 0. The molecule has 0 aliphatic rings. The Balaban J connectivity index is 1.65. The lowest BCUT2D eigenvalue weighted by Crippen LogP contribution is -2.32. The molecular weight excluding hydrogens is 388 g/mol. The number of carbonyl (C=O) groups is 2. The maximum Gasteiger partial charge on any atom is 0.255 e. The van der Waals surface area contributed by atoms with Crippen LogP contribution in [0.25, 0.3) is 11.3 Å². The fourth-order valence-corrected chi connectivity index (χ4v) is 2.90. The molecule has 0 saturated heterocycles. The minimum atomic E-state index is -0.233. The molecule has 0 radical (unpaired) electrons. The molecule has 0 spiro atoms. The molecule has 0 aliphatic carbocycles. The average molecular weight is 411 g/mol. The monoisotopic (exact) mass is 410 g/mol. The van der Waals surface area contributed by atoms with E-state index in [1.807, 2.05) is 38.1 Å². The van der Waals surface area contributed by atoms with Gasteiger partial charge in [0.2, 0.25) is 0 Å². The van der Waals surface area contributed by atoms with Crippen molar-refractivity contribution in [3.05, 3.63) is 76.4 Å². The molecule has 0 aliphatic heterocycles. The van der Waals surface area contributed by atoms with Crippen molar-refractivity contribution in [3.63, 3.8) is 0 Å². The zero-order chi connectivity index (χ0) is 21.0. The topological polar surface area (TPSA) is 78.1 Å². The second kappa shape index (κ2) is 8.92. The number of hydrogen-bond donors (Lipinski definition) is 2. The molecule has 0 atom stereocenters. The summed E-state index contributed by atoms with van der Waals surface area (Å²) in [6, 6.07) is 14.6. The fourth-order valence-electron chi connectivity index (χ4n) is 2.78. The highest BCUT2D eigenvalue weighted by Gasteiger charge is 2.16. The first-order valence-corrected chi connectivity index (χ1v) is 9.68. The van der Waals surface area contributed by atoms with Crippen LogP contribution in [0.5, 0.6) is 0 Å². The lowest BCUT2D eigenvalue weighted by Gasteiger charge is -2.21. The van der Waals surface area contributed by atoms with Gasteiger partial charge in [0.1, 0.15) is 0 Å². The van der Waals surface area contributed by atoms with E-state index >= 15 is 0 Å². The van der Waals surface area contributed by atoms with Gasteiger partial charge in [-0.3, -0.25) is 14.7 Å².